The van der Waals surface area contributed by atoms with Gasteiger partial charge in [-0.2, -0.15) is 5.10 Å². The largest absolute Gasteiger partial charge is 0.397 e. The zero-order chi connectivity index (χ0) is 14.3. The van der Waals surface area contributed by atoms with Crippen molar-refractivity contribution in [3.8, 4) is 0 Å². The number of nitrogen functional groups attached to an aromatic ring is 1. The molecule has 3 rings (SSSR count). The Balaban J connectivity index is 1.91. The van der Waals surface area contributed by atoms with Crippen molar-refractivity contribution < 1.29 is 9.90 Å². The number of anilines is 1. The summed E-state index contributed by atoms with van der Waals surface area (Å²) in [7, 11) is 0. The van der Waals surface area contributed by atoms with Gasteiger partial charge in [-0.25, -0.2) is 0 Å². The molecular formula is C13H16N4O2S. The highest BCUT2D eigenvalue weighted by Gasteiger charge is 2.30. The van der Waals surface area contributed by atoms with Gasteiger partial charge in [-0.1, -0.05) is 6.92 Å². The molecule has 1 saturated heterocycles. The van der Waals surface area contributed by atoms with Gasteiger partial charge in [0.1, 0.15) is 9.71 Å². The summed E-state index contributed by atoms with van der Waals surface area (Å²) < 4.78 is 0. The smallest absolute Gasteiger partial charge is 0.266 e. The van der Waals surface area contributed by atoms with E-state index in [0.29, 0.717) is 34.9 Å². The van der Waals surface area contributed by atoms with E-state index in [1.165, 1.54) is 11.3 Å². The normalized spacial score (nSPS) is 23.2. The van der Waals surface area contributed by atoms with Crippen LogP contribution in [0.25, 0.3) is 10.2 Å². The first-order valence-corrected chi connectivity index (χ1v) is 7.36. The molecule has 2 aromatic heterocycles. The Labute approximate surface area is 120 Å². The summed E-state index contributed by atoms with van der Waals surface area (Å²) in [5.41, 5.74) is 6.53. The third kappa shape index (κ3) is 2.12. The Morgan fingerprint density at radius 1 is 1.60 bits per heavy atom. The van der Waals surface area contributed by atoms with Gasteiger partial charge in [0.2, 0.25) is 0 Å². The Hall–Kier alpha value is -1.73. The Kier molecular flexibility index (Phi) is 3.31. The predicted molar refractivity (Wildman–Crippen MR) is 77.5 cm³/mol. The number of nitrogens with two attached hydrogens (primary N) is 1. The van der Waals surface area contributed by atoms with Gasteiger partial charge in [0.05, 0.1) is 18.0 Å². The van der Waals surface area contributed by atoms with Crippen LogP contribution >= 0.6 is 11.3 Å². The standard InChI is InChI=1S/C13H16N4O2S/c1-7-6-17(5-3-9(7)18)13(19)11-10(14)8-2-4-15-16-12(8)20-11/h2,4,7,9,18H,3,5-6,14H2,1H3. The molecule has 2 unspecified atom stereocenters. The fraction of sp³-hybridized carbons (Fsp3) is 0.462. The van der Waals surface area contributed by atoms with E-state index >= 15 is 0 Å². The average molecular weight is 292 g/mol. The van der Waals surface area contributed by atoms with Crippen LogP contribution in [0.1, 0.15) is 23.0 Å². The number of aromatic nitrogens is 2. The monoisotopic (exact) mass is 292 g/mol. The summed E-state index contributed by atoms with van der Waals surface area (Å²) in [6.45, 7) is 3.06. The molecule has 0 radical (unpaired) electrons. The molecule has 1 amide bonds. The molecular weight excluding hydrogens is 276 g/mol. The van der Waals surface area contributed by atoms with Crippen LogP contribution in [0.15, 0.2) is 12.3 Å². The van der Waals surface area contributed by atoms with Gasteiger partial charge in [0, 0.05) is 18.5 Å². The molecule has 3 heterocycles. The quantitative estimate of drug-likeness (QED) is 0.821. The summed E-state index contributed by atoms with van der Waals surface area (Å²) in [4.78, 5) is 15.5. The summed E-state index contributed by atoms with van der Waals surface area (Å²) in [5.74, 6) is 0.00680. The lowest BCUT2D eigenvalue weighted by atomic mass is 9.96. The zero-order valence-corrected chi connectivity index (χ0v) is 11.9. The summed E-state index contributed by atoms with van der Waals surface area (Å²) in [5, 5.41) is 18.3. The van der Waals surface area contributed by atoms with Crippen LogP contribution in [-0.2, 0) is 0 Å². The minimum Gasteiger partial charge on any atom is -0.397 e. The molecule has 20 heavy (non-hydrogen) atoms. The first-order chi connectivity index (χ1) is 9.58. The SMILES string of the molecule is CC1CN(C(=O)c2sc3nnccc3c2N)CCC1O. The molecule has 7 heteroatoms. The maximum Gasteiger partial charge on any atom is 0.266 e. The number of carbonyl (C=O) groups is 1. The molecule has 1 aliphatic rings. The van der Waals surface area contributed by atoms with Crippen LogP contribution in [0.3, 0.4) is 0 Å². The second-order valence-corrected chi connectivity index (χ2v) is 6.18. The molecule has 6 nitrogen and oxygen atoms in total. The molecule has 3 N–H and O–H groups in total. The van der Waals surface area contributed by atoms with Crippen molar-refractivity contribution in [2.45, 2.75) is 19.4 Å². The first-order valence-electron chi connectivity index (χ1n) is 6.55. The van der Waals surface area contributed by atoms with Gasteiger partial charge in [-0.05, 0) is 18.4 Å². The van der Waals surface area contributed by atoms with Crippen LogP contribution in [0.4, 0.5) is 5.69 Å². The maximum absolute atomic E-state index is 12.6. The highest BCUT2D eigenvalue weighted by atomic mass is 32.1. The van der Waals surface area contributed by atoms with Crippen molar-refractivity contribution in [2.75, 3.05) is 18.8 Å². The van der Waals surface area contributed by atoms with E-state index in [1.807, 2.05) is 6.92 Å². The van der Waals surface area contributed by atoms with Gasteiger partial charge in [0.25, 0.3) is 5.91 Å². The number of amides is 1. The summed E-state index contributed by atoms with van der Waals surface area (Å²) in [6, 6.07) is 1.77. The number of carbonyl (C=O) groups excluding carboxylic acids is 1. The molecule has 2 atom stereocenters. The highest BCUT2D eigenvalue weighted by Crippen LogP contribution is 2.33. The second-order valence-electron chi connectivity index (χ2n) is 5.18. The van der Waals surface area contributed by atoms with Gasteiger partial charge >= 0.3 is 0 Å². The van der Waals surface area contributed by atoms with Crippen molar-refractivity contribution >= 4 is 33.1 Å². The molecule has 0 aromatic carbocycles. The fourth-order valence-corrected chi connectivity index (χ4v) is 3.50. The van der Waals surface area contributed by atoms with Gasteiger partial charge in [-0.3, -0.25) is 4.79 Å². The van der Waals surface area contributed by atoms with E-state index in [1.54, 1.807) is 17.2 Å². The van der Waals surface area contributed by atoms with Gasteiger partial charge in [0.15, 0.2) is 0 Å². The lowest BCUT2D eigenvalue weighted by Crippen LogP contribution is -2.44. The Morgan fingerprint density at radius 2 is 2.40 bits per heavy atom. The maximum atomic E-state index is 12.6. The van der Waals surface area contributed by atoms with Gasteiger partial charge in [-0.15, -0.1) is 16.4 Å². The van der Waals surface area contributed by atoms with Crippen molar-refractivity contribution in [3.63, 3.8) is 0 Å². The number of thiophene rings is 1. The lowest BCUT2D eigenvalue weighted by Gasteiger charge is -2.34. The Morgan fingerprint density at radius 3 is 3.10 bits per heavy atom. The molecule has 1 aliphatic heterocycles. The molecule has 0 spiro atoms. The van der Waals surface area contributed by atoms with Crippen LogP contribution in [-0.4, -0.2) is 45.3 Å². The van der Waals surface area contributed by atoms with Crippen molar-refractivity contribution in [1.29, 1.82) is 0 Å². The molecule has 2 aromatic rings. The number of piperidine rings is 1. The van der Waals surface area contributed by atoms with Crippen LogP contribution in [0.5, 0.6) is 0 Å². The number of aliphatic hydroxyl groups excluding tert-OH is 1. The van der Waals surface area contributed by atoms with Crippen LogP contribution in [0, 0.1) is 5.92 Å². The number of fused-ring (bicyclic) bond motifs is 1. The minimum atomic E-state index is -0.329. The van der Waals surface area contributed by atoms with Crippen LogP contribution in [0.2, 0.25) is 0 Å². The van der Waals surface area contributed by atoms with E-state index < -0.39 is 0 Å². The van der Waals surface area contributed by atoms with E-state index in [9.17, 15) is 9.90 Å². The first kappa shape index (κ1) is 13.3. The average Bonchev–Trinajstić information content (AvgIpc) is 2.79. The van der Waals surface area contributed by atoms with Crippen molar-refractivity contribution in [2.24, 2.45) is 5.92 Å². The lowest BCUT2D eigenvalue weighted by molar-refractivity contribution is 0.0301. The third-order valence-corrected chi connectivity index (χ3v) is 4.86. The molecule has 1 fully saturated rings. The van der Waals surface area contributed by atoms with E-state index in [4.69, 9.17) is 5.73 Å². The third-order valence-electron chi connectivity index (χ3n) is 3.76. The highest BCUT2D eigenvalue weighted by molar-refractivity contribution is 7.21. The molecule has 0 saturated carbocycles. The van der Waals surface area contributed by atoms with E-state index in [2.05, 4.69) is 10.2 Å². The number of rotatable bonds is 1. The molecule has 0 aliphatic carbocycles. The minimum absolute atomic E-state index is 0.0794. The summed E-state index contributed by atoms with van der Waals surface area (Å²) >= 11 is 1.28. The van der Waals surface area contributed by atoms with Crippen molar-refractivity contribution in [3.05, 3.63) is 17.1 Å². The molecule has 106 valence electrons. The topological polar surface area (TPSA) is 92.3 Å². The number of nitrogens with zero attached hydrogens (tertiary/aromatic N) is 3. The predicted octanol–water partition coefficient (Wildman–Crippen LogP) is 1.12. The van der Waals surface area contributed by atoms with E-state index in [0.717, 1.165) is 5.39 Å². The van der Waals surface area contributed by atoms with E-state index in [-0.39, 0.29) is 17.9 Å². The fourth-order valence-electron chi connectivity index (χ4n) is 2.49. The Bertz CT molecular complexity index is 657. The zero-order valence-electron chi connectivity index (χ0n) is 11.1. The molecule has 0 bridgehead atoms. The van der Waals surface area contributed by atoms with Gasteiger partial charge < -0.3 is 15.7 Å². The second kappa shape index (κ2) is 4.99. The number of hydrogen-bond donors (Lipinski definition) is 2. The summed E-state index contributed by atoms with van der Waals surface area (Å²) in [6.07, 6.45) is 1.85. The number of hydrogen-bond acceptors (Lipinski definition) is 6. The van der Waals surface area contributed by atoms with Crippen LogP contribution < -0.4 is 5.73 Å². The number of likely N-dealkylation sites (tertiary alicyclic amines) is 1. The van der Waals surface area contributed by atoms with Crippen molar-refractivity contribution in [1.82, 2.24) is 15.1 Å². The number of aliphatic hydroxyl groups is 1.